The Bertz CT molecular complexity index is 998. The van der Waals surface area contributed by atoms with E-state index in [1.54, 1.807) is 13.0 Å². The molecule has 3 rings (SSSR count). The van der Waals surface area contributed by atoms with Gasteiger partial charge in [0.2, 0.25) is 0 Å². The highest BCUT2D eigenvalue weighted by molar-refractivity contribution is 7.11. The monoisotopic (exact) mass is 425 g/mol. The van der Waals surface area contributed by atoms with E-state index in [1.165, 1.54) is 23.6 Å². The molecule has 3 heterocycles. The molecule has 1 atom stereocenters. The van der Waals surface area contributed by atoms with Gasteiger partial charge in [-0.3, -0.25) is 9.78 Å². The van der Waals surface area contributed by atoms with Crippen LogP contribution in [0.3, 0.4) is 0 Å². The summed E-state index contributed by atoms with van der Waals surface area (Å²) in [4.78, 5) is 24.0. The number of amides is 1. The van der Waals surface area contributed by atoms with Gasteiger partial charge < -0.3 is 21.1 Å². The molecule has 0 saturated heterocycles. The fraction of sp³-hybridized carbons (Fsp3) is 0.278. The van der Waals surface area contributed by atoms with Crippen LogP contribution in [0, 0.1) is 6.92 Å². The van der Waals surface area contributed by atoms with Crippen LogP contribution >= 0.6 is 11.3 Å². The number of aromatic nitrogens is 3. The van der Waals surface area contributed by atoms with Gasteiger partial charge in [0.1, 0.15) is 10.7 Å². The first-order valence-corrected chi connectivity index (χ1v) is 9.33. The third kappa shape index (κ3) is 4.81. The summed E-state index contributed by atoms with van der Waals surface area (Å²) in [6, 6.07) is 3.29. The smallest absolute Gasteiger partial charge is 0.391 e. The number of hydrogen-bond donors (Lipinski definition) is 4. The van der Waals surface area contributed by atoms with Crippen LogP contribution in [0.1, 0.15) is 37.5 Å². The van der Waals surface area contributed by atoms with Crippen molar-refractivity contribution in [3.05, 3.63) is 57.3 Å². The predicted molar refractivity (Wildman–Crippen MR) is 101 cm³/mol. The number of aromatic amines is 1. The summed E-state index contributed by atoms with van der Waals surface area (Å²) in [5, 5.41) is 12.4. The number of carbonyl (C=O) groups excluding carboxylic acids is 1. The molecule has 0 aromatic carbocycles. The van der Waals surface area contributed by atoms with E-state index in [9.17, 15) is 18.0 Å². The molecule has 1 amide bonds. The lowest BCUT2D eigenvalue weighted by Gasteiger charge is -2.10. The average molecular weight is 425 g/mol. The summed E-state index contributed by atoms with van der Waals surface area (Å²) in [6.07, 6.45) is -2.19. The molecule has 0 fully saturated rings. The highest BCUT2D eigenvalue weighted by Gasteiger charge is 2.30. The molecule has 0 bridgehead atoms. The Morgan fingerprint density at radius 3 is 2.69 bits per heavy atom. The normalized spacial score (nSPS) is 12.8. The van der Waals surface area contributed by atoms with Crippen molar-refractivity contribution >= 4 is 17.2 Å². The quantitative estimate of drug-likeness (QED) is 0.485. The molecule has 0 saturated carbocycles. The summed E-state index contributed by atoms with van der Waals surface area (Å²) in [5.74, 6) is -0.407. The largest absolute Gasteiger partial charge is 0.417 e. The van der Waals surface area contributed by atoms with Crippen LogP contribution in [-0.4, -0.2) is 32.5 Å². The van der Waals surface area contributed by atoms with Crippen molar-refractivity contribution in [1.82, 2.24) is 20.3 Å². The molecule has 0 spiro atoms. The number of aliphatic hydroxyl groups excluding tert-OH is 1. The van der Waals surface area contributed by atoms with Crippen molar-refractivity contribution in [2.24, 2.45) is 5.73 Å². The van der Waals surface area contributed by atoms with E-state index in [4.69, 9.17) is 10.8 Å². The third-order valence-corrected chi connectivity index (χ3v) is 5.25. The molecular formula is C18H18F3N5O2S. The summed E-state index contributed by atoms with van der Waals surface area (Å²) >= 11 is 1.26. The second kappa shape index (κ2) is 8.31. The molecule has 0 aliphatic rings. The first kappa shape index (κ1) is 21.0. The van der Waals surface area contributed by atoms with Crippen molar-refractivity contribution in [3.8, 4) is 11.4 Å². The first-order chi connectivity index (χ1) is 13.7. The van der Waals surface area contributed by atoms with Gasteiger partial charge in [-0.1, -0.05) is 0 Å². The van der Waals surface area contributed by atoms with Gasteiger partial charge in [0.05, 0.1) is 34.5 Å². The first-order valence-electron chi connectivity index (χ1n) is 8.51. The summed E-state index contributed by atoms with van der Waals surface area (Å²) < 4.78 is 38.0. The van der Waals surface area contributed by atoms with E-state index in [0.29, 0.717) is 21.1 Å². The Morgan fingerprint density at radius 1 is 1.34 bits per heavy atom. The minimum atomic E-state index is -4.46. The molecule has 11 heteroatoms. The Hall–Kier alpha value is -2.76. The topological polar surface area (TPSA) is 117 Å². The van der Waals surface area contributed by atoms with Gasteiger partial charge >= 0.3 is 6.18 Å². The van der Waals surface area contributed by atoms with Gasteiger partial charge in [-0.05, 0) is 30.7 Å². The van der Waals surface area contributed by atoms with Crippen LogP contribution < -0.4 is 11.1 Å². The Morgan fingerprint density at radius 2 is 2.10 bits per heavy atom. The van der Waals surface area contributed by atoms with E-state index >= 15 is 0 Å². The maximum absolute atomic E-state index is 12.7. The van der Waals surface area contributed by atoms with Crippen LogP contribution in [0.25, 0.3) is 11.4 Å². The molecule has 0 aliphatic carbocycles. The number of rotatable bonds is 6. The van der Waals surface area contributed by atoms with Gasteiger partial charge in [0.25, 0.3) is 5.91 Å². The number of nitrogens with one attached hydrogen (secondary N) is 2. The Balaban J connectivity index is 1.68. The summed E-state index contributed by atoms with van der Waals surface area (Å²) in [5.41, 5.74) is 6.77. The van der Waals surface area contributed by atoms with E-state index < -0.39 is 23.7 Å². The lowest BCUT2D eigenvalue weighted by molar-refractivity contribution is -0.137. The number of H-pyrrole nitrogens is 1. The zero-order valence-corrected chi connectivity index (χ0v) is 16.1. The number of alkyl halides is 3. The number of carbonyl (C=O) groups is 1. The molecule has 3 aromatic heterocycles. The maximum Gasteiger partial charge on any atom is 0.417 e. The highest BCUT2D eigenvalue weighted by atomic mass is 32.1. The number of hydrogen-bond acceptors (Lipinski definition) is 6. The van der Waals surface area contributed by atoms with E-state index in [-0.39, 0.29) is 24.5 Å². The van der Waals surface area contributed by atoms with Crippen LogP contribution in [0.4, 0.5) is 13.2 Å². The lowest BCUT2D eigenvalue weighted by atomic mass is 10.2. The van der Waals surface area contributed by atoms with Crippen LogP contribution in [0.15, 0.2) is 30.6 Å². The fourth-order valence-corrected chi connectivity index (χ4v) is 3.38. The minimum Gasteiger partial charge on any atom is -0.391 e. The number of pyridine rings is 1. The molecule has 29 heavy (non-hydrogen) atoms. The predicted octanol–water partition coefficient (Wildman–Crippen LogP) is 2.78. The van der Waals surface area contributed by atoms with Gasteiger partial charge in [0.15, 0.2) is 0 Å². The second-order valence-corrected chi connectivity index (χ2v) is 7.46. The molecule has 3 aromatic rings. The number of aliphatic hydroxyl groups is 1. The third-order valence-electron chi connectivity index (χ3n) is 4.14. The van der Waals surface area contributed by atoms with Crippen LogP contribution in [0.2, 0.25) is 0 Å². The van der Waals surface area contributed by atoms with Crippen molar-refractivity contribution < 1.29 is 23.1 Å². The van der Waals surface area contributed by atoms with Gasteiger partial charge in [0, 0.05) is 18.9 Å². The molecule has 154 valence electrons. The number of nitrogens with two attached hydrogens (primary N) is 1. The number of halogens is 3. The lowest BCUT2D eigenvalue weighted by Crippen LogP contribution is -2.32. The maximum atomic E-state index is 12.7. The summed E-state index contributed by atoms with van der Waals surface area (Å²) in [6.45, 7) is 1.70. The van der Waals surface area contributed by atoms with Crippen molar-refractivity contribution in [2.75, 3.05) is 6.54 Å². The average Bonchev–Trinajstić information content (AvgIpc) is 3.32. The molecule has 0 radical (unpaired) electrons. The number of aryl methyl sites for hydroxylation is 1. The van der Waals surface area contributed by atoms with Crippen molar-refractivity contribution in [2.45, 2.75) is 25.7 Å². The van der Waals surface area contributed by atoms with E-state index in [2.05, 4.69) is 20.3 Å². The van der Waals surface area contributed by atoms with Gasteiger partial charge in [-0.15, -0.1) is 11.3 Å². The molecule has 5 N–H and O–H groups in total. The molecule has 0 unspecified atom stereocenters. The second-order valence-electron chi connectivity index (χ2n) is 6.31. The van der Waals surface area contributed by atoms with E-state index in [0.717, 1.165) is 12.3 Å². The zero-order chi connectivity index (χ0) is 21.2. The minimum absolute atomic E-state index is 0.126. The molecule has 7 nitrogen and oxygen atoms in total. The van der Waals surface area contributed by atoms with Crippen molar-refractivity contribution in [3.63, 3.8) is 0 Å². The van der Waals surface area contributed by atoms with Crippen LogP contribution in [0.5, 0.6) is 0 Å². The number of thiazole rings is 1. The van der Waals surface area contributed by atoms with Crippen LogP contribution in [-0.2, 0) is 12.8 Å². The molecular weight excluding hydrogens is 407 g/mol. The van der Waals surface area contributed by atoms with Crippen molar-refractivity contribution in [1.29, 1.82) is 0 Å². The Kier molecular flexibility index (Phi) is 6.01. The fourth-order valence-electron chi connectivity index (χ4n) is 2.60. The zero-order valence-electron chi connectivity index (χ0n) is 15.2. The van der Waals surface area contributed by atoms with E-state index in [1.807, 2.05) is 0 Å². The highest BCUT2D eigenvalue weighted by Crippen LogP contribution is 2.30. The summed E-state index contributed by atoms with van der Waals surface area (Å²) in [7, 11) is 0. The van der Waals surface area contributed by atoms with Gasteiger partial charge in [-0.2, -0.15) is 13.2 Å². The standard InChI is InChI=1S/C18H18F3N5O2S/c1-9-4-14(13-3-2-10(5-23-13)18(19,20)21)26-15(9)16(28)24-7-12(22)17-25-6-11(8-27)29-17/h2-6,12,26-27H,7-8,22H2,1H3,(H,24,28)/t12-/m1/s1. The number of nitrogens with zero attached hydrogens (tertiary/aromatic N) is 2. The Labute approximate surface area is 167 Å². The van der Waals surface area contributed by atoms with Gasteiger partial charge in [-0.25, -0.2) is 4.98 Å². The SMILES string of the molecule is Cc1cc(-c2ccc(C(F)(F)F)cn2)[nH]c1C(=O)NC[C@@H](N)c1ncc(CO)s1. The molecule has 0 aliphatic heterocycles.